The van der Waals surface area contributed by atoms with Crippen LogP contribution in [0.2, 0.25) is 0 Å². The summed E-state index contributed by atoms with van der Waals surface area (Å²) in [6.45, 7) is 4.46. The van der Waals surface area contributed by atoms with E-state index in [1.807, 2.05) is 26.0 Å². The van der Waals surface area contributed by atoms with Gasteiger partial charge in [-0.1, -0.05) is 19.9 Å². The van der Waals surface area contributed by atoms with Gasteiger partial charge in [0.2, 0.25) is 5.91 Å². The fourth-order valence-electron chi connectivity index (χ4n) is 1.49. The third-order valence-corrected chi connectivity index (χ3v) is 2.74. The van der Waals surface area contributed by atoms with Crippen molar-refractivity contribution in [2.45, 2.75) is 32.1 Å². The maximum absolute atomic E-state index is 11.4. The molecule has 0 aliphatic heterocycles. The molecule has 0 aromatic carbocycles. The minimum atomic E-state index is -0.961. The summed E-state index contributed by atoms with van der Waals surface area (Å²) in [5, 5.41) is 11.2. The summed E-state index contributed by atoms with van der Waals surface area (Å²) in [5.74, 6) is -1.20. The second kappa shape index (κ2) is 6.14. The molecule has 0 aliphatic carbocycles. The van der Waals surface area contributed by atoms with E-state index in [-0.39, 0.29) is 24.2 Å². The van der Waals surface area contributed by atoms with Gasteiger partial charge in [0.1, 0.15) is 0 Å². The number of carboxylic acids is 1. The molecule has 2 N–H and O–H groups in total. The summed E-state index contributed by atoms with van der Waals surface area (Å²) >= 11 is 0. The number of hydrogen-bond donors (Lipinski definition) is 2. The molecule has 1 aromatic heterocycles. The molecular weight excluding hydrogens is 232 g/mol. The van der Waals surface area contributed by atoms with Crippen LogP contribution in [0.3, 0.4) is 0 Å². The normalized spacial score (nSPS) is 11.0. The molecule has 1 amide bonds. The predicted molar refractivity (Wildman–Crippen MR) is 67.1 cm³/mol. The number of carbonyl (C=O) groups is 2. The van der Waals surface area contributed by atoms with Crippen molar-refractivity contribution in [1.29, 1.82) is 0 Å². The lowest BCUT2D eigenvalue weighted by Gasteiger charge is -2.25. The second-order valence-corrected chi connectivity index (χ2v) is 4.80. The van der Waals surface area contributed by atoms with Gasteiger partial charge in [0.05, 0.1) is 6.42 Å². The standard InChI is InChI=1S/C13H18N2O3/c1-13(2,10-4-3-7-14-8-10)9-15-11(16)5-6-12(17)18/h3-4,7-8H,5-6,9H2,1-2H3,(H,15,16)(H,17,18). The van der Waals surface area contributed by atoms with E-state index < -0.39 is 5.97 Å². The molecule has 0 aliphatic rings. The first kappa shape index (κ1) is 14.2. The summed E-state index contributed by atoms with van der Waals surface area (Å²) in [5.41, 5.74) is 0.802. The Labute approximate surface area is 106 Å². The van der Waals surface area contributed by atoms with E-state index >= 15 is 0 Å². The van der Waals surface area contributed by atoms with Gasteiger partial charge in [0, 0.05) is 30.8 Å². The van der Waals surface area contributed by atoms with Crippen molar-refractivity contribution in [3.63, 3.8) is 0 Å². The minimum absolute atomic E-state index is 0.0124. The zero-order chi connectivity index (χ0) is 13.6. The van der Waals surface area contributed by atoms with Crippen molar-refractivity contribution in [2.24, 2.45) is 0 Å². The van der Waals surface area contributed by atoms with Crippen LogP contribution in [0, 0.1) is 0 Å². The van der Waals surface area contributed by atoms with Crippen LogP contribution >= 0.6 is 0 Å². The molecule has 0 fully saturated rings. The van der Waals surface area contributed by atoms with Gasteiger partial charge in [-0.2, -0.15) is 0 Å². The summed E-state index contributed by atoms with van der Waals surface area (Å²) in [7, 11) is 0. The molecule has 5 heteroatoms. The minimum Gasteiger partial charge on any atom is -0.481 e. The van der Waals surface area contributed by atoms with Crippen LogP contribution in [0.4, 0.5) is 0 Å². The van der Waals surface area contributed by atoms with Crippen molar-refractivity contribution >= 4 is 11.9 Å². The summed E-state index contributed by atoms with van der Waals surface area (Å²) < 4.78 is 0. The first-order valence-corrected chi connectivity index (χ1v) is 5.81. The quantitative estimate of drug-likeness (QED) is 0.798. The van der Waals surface area contributed by atoms with Crippen molar-refractivity contribution in [2.75, 3.05) is 6.54 Å². The number of amides is 1. The maximum atomic E-state index is 11.4. The summed E-state index contributed by atoms with van der Waals surface area (Å²) in [4.78, 5) is 25.8. The molecule has 1 rings (SSSR count). The van der Waals surface area contributed by atoms with Crippen LogP contribution in [0.1, 0.15) is 32.3 Å². The average molecular weight is 250 g/mol. The van der Waals surface area contributed by atoms with E-state index in [9.17, 15) is 9.59 Å². The van der Waals surface area contributed by atoms with Crippen molar-refractivity contribution < 1.29 is 14.7 Å². The van der Waals surface area contributed by atoms with Gasteiger partial charge in [-0.15, -0.1) is 0 Å². The summed E-state index contributed by atoms with van der Waals surface area (Å²) in [6, 6.07) is 3.81. The highest BCUT2D eigenvalue weighted by molar-refractivity contribution is 5.80. The highest BCUT2D eigenvalue weighted by atomic mass is 16.4. The van der Waals surface area contributed by atoms with Gasteiger partial charge in [-0.25, -0.2) is 0 Å². The van der Waals surface area contributed by atoms with Crippen molar-refractivity contribution in [3.05, 3.63) is 30.1 Å². The smallest absolute Gasteiger partial charge is 0.303 e. The van der Waals surface area contributed by atoms with Crippen molar-refractivity contribution in [3.8, 4) is 0 Å². The Kier molecular flexibility index (Phi) is 4.83. The van der Waals surface area contributed by atoms with Crippen LogP contribution in [0.25, 0.3) is 0 Å². The van der Waals surface area contributed by atoms with Gasteiger partial charge in [-0.3, -0.25) is 14.6 Å². The number of aliphatic carboxylic acids is 1. The number of nitrogens with one attached hydrogen (secondary N) is 1. The van der Waals surface area contributed by atoms with Crippen LogP contribution in [0.5, 0.6) is 0 Å². The number of pyridine rings is 1. The lowest BCUT2D eigenvalue weighted by Crippen LogP contribution is -2.36. The number of nitrogens with zero attached hydrogens (tertiary/aromatic N) is 1. The molecular formula is C13H18N2O3. The highest BCUT2D eigenvalue weighted by Crippen LogP contribution is 2.20. The number of aromatic nitrogens is 1. The number of carboxylic acid groups (broad SMARTS) is 1. The molecule has 0 bridgehead atoms. The molecule has 18 heavy (non-hydrogen) atoms. The van der Waals surface area contributed by atoms with Gasteiger partial charge in [0.25, 0.3) is 0 Å². The van der Waals surface area contributed by atoms with E-state index in [2.05, 4.69) is 10.3 Å². The highest BCUT2D eigenvalue weighted by Gasteiger charge is 2.21. The topological polar surface area (TPSA) is 79.3 Å². The molecule has 0 unspecified atom stereocenters. The lowest BCUT2D eigenvalue weighted by atomic mass is 9.85. The predicted octanol–water partition coefficient (Wildman–Crippen LogP) is 1.34. The third-order valence-electron chi connectivity index (χ3n) is 2.74. The average Bonchev–Trinajstić information content (AvgIpc) is 2.35. The van der Waals surface area contributed by atoms with E-state index in [1.165, 1.54) is 0 Å². The number of hydrogen-bond acceptors (Lipinski definition) is 3. The molecule has 0 atom stereocenters. The van der Waals surface area contributed by atoms with Crippen molar-refractivity contribution in [1.82, 2.24) is 10.3 Å². The fourth-order valence-corrected chi connectivity index (χ4v) is 1.49. The van der Waals surface area contributed by atoms with E-state index in [0.717, 1.165) is 5.56 Å². The number of rotatable bonds is 6. The van der Waals surface area contributed by atoms with E-state index in [1.54, 1.807) is 12.4 Å². The molecule has 98 valence electrons. The van der Waals surface area contributed by atoms with E-state index in [0.29, 0.717) is 6.54 Å². The Balaban J connectivity index is 2.47. The molecule has 1 heterocycles. The monoisotopic (exact) mass is 250 g/mol. The molecule has 0 saturated heterocycles. The van der Waals surface area contributed by atoms with Crippen LogP contribution < -0.4 is 5.32 Å². The number of carbonyl (C=O) groups excluding carboxylic acids is 1. The van der Waals surface area contributed by atoms with Crippen LogP contribution in [-0.2, 0) is 15.0 Å². The Bertz CT molecular complexity index is 416. The fraction of sp³-hybridized carbons (Fsp3) is 0.462. The zero-order valence-corrected chi connectivity index (χ0v) is 10.6. The van der Waals surface area contributed by atoms with Crippen LogP contribution in [0.15, 0.2) is 24.5 Å². The first-order chi connectivity index (χ1) is 8.42. The van der Waals surface area contributed by atoms with Gasteiger partial charge in [-0.05, 0) is 11.6 Å². The van der Waals surface area contributed by atoms with Gasteiger partial charge < -0.3 is 10.4 Å². The molecule has 0 saturated carbocycles. The SMILES string of the molecule is CC(C)(CNC(=O)CCC(=O)O)c1cccnc1. The van der Waals surface area contributed by atoms with Crippen LogP contribution in [-0.4, -0.2) is 28.5 Å². The third kappa shape index (κ3) is 4.53. The molecule has 0 spiro atoms. The Morgan fingerprint density at radius 2 is 2.11 bits per heavy atom. The van der Waals surface area contributed by atoms with Gasteiger partial charge in [0.15, 0.2) is 0 Å². The molecule has 1 aromatic rings. The lowest BCUT2D eigenvalue weighted by molar-refractivity contribution is -0.138. The summed E-state index contributed by atoms with van der Waals surface area (Å²) in [6.07, 6.45) is 3.34. The van der Waals surface area contributed by atoms with Gasteiger partial charge >= 0.3 is 5.97 Å². The Hall–Kier alpha value is -1.91. The zero-order valence-electron chi connectivity index (χ0n) is 10.6. The second-order valence-electron chi connectivity index (χ2n) is 4.80. The van der Waals surface area contributed by atoms with E-state index in [4.69, 9.17) is 5.11 Å². The first-order valence-electron chi connectivity index (χ1n) is 5.81. The Morgan fingerprint density at radius 1 is 1.39 bits per heavy atom. The largest absolute Gasteiger partial charge is 0.481 e. The maximum Gasteiger partial charge on any atom is 0.303 e. The molecule has 0 radical (unpaired) electrons. The Morgan fingerprint density at radius 3 is 2.67 bits per heavy atom. The molecule has 5 nitrogen and oxygen atoms in total.